The average molecular weight is 863 g/mol. The Kier molecular flexibility index (Phi) is 9.70. The number of Topliss-reactive ketones (excluding diaryl/α,β-unsaturated/α-hetero) is 1. The first-order valence-electron chi connectivity index (χ1n) is 15.6. The van der Waals surface area contributed by atoms with Crippen LogP contribution in [-0.2, 0) is 4.79 Å². The third-order valence-corrected chi connectivity index (χ3v) is 34.2. The summed E-state index contributed by atoms with van der Waals surface area (Å²) in [5.41, 5.74) is -0.0218. The zero-order valence-corrected chi connectivity index (χ0v) is 32.0. The Hall–Kier alpha value is -2.69. The van der Waals surface area contributed by atoms with Crippen LogP contribution in [-0.4, -0.2) is 17.6 Å². The van der Waals surface area contributed by atoms with Crippen molar-refractivity contribution >= 4 is 90.2 Å². The van der Waals surface area contributed by atoms with E-state index in [1.54, 1.807) is 6.92 Å². The molecular weight excluding hydrogens is 824 g/mol. The van der Waals surface area contributed by atoms with Gasteiger partial charge in [0.15, 0.2) is 0 Å². The number of benzene rings is 6. The van der Waals surface area contributed by atoms with Crippen molar-refractivity contribution in [2.75, 3.05) is 6.16 Å². The second-order valence-corrected chi connectivity index (χ2v) is 33.1. The van der Waals surface area contributed by atoms with Crippen LogP contribution in [0.25, 0.3) is 0 Å². The van der Waals surface area contributed by atoms with Gasteiger partial charge in [0, 0.05) is 0 Å². The van der Waals surface area contributed by atoms with Crippen LogP contribution in [0.2, 0.25) is 0 Å². The molecule has 1 atom stereocenters. The van der Waals surface area contributed by atoms with Gasteiger partial charge in [-0.2, -0.15) is 0 Å². The SMILES string of the molecule is CC(=O)CC(CP(I)(c1ccccc1)(c1ccccc1)c1ccccc1)P(I)(c1ccccc1)(c1ccccc1)c1ccccc1. The quantitative estimate of drug-likeness (QED) is 0.0940. The summed E-state index contributed by atoms with van der Waals surface area (Å²) in [7, 11) is 0. The van der Waals surface area contributed by atoms with E-state index in [0.29, 0.717) is 6.42 Å². The fourth-order valence-electron chi connectivity index (χ4n) is 7.33. The van der Waals surface area contributed by atoms with Crippen molar-refractivity contribution in [3.05, 3.63) is 182 Å². The van der Waals surface area contributed by atoms with E-state index >= 15 is 0 Å². The van der Waals surface area contributed by atoms with Gasteiger partial charge in [-0.1, -0.05) is 0 Å². The summed E-state index contributed by atoms with van der Waals surface area (Å²) in [5, 5.41) is 7.89. The van der Waals surface area contributed by atoms with E-state index in [2.05, 4.69) is 226 Å². The molecule has 0 saturated heterocycles. The number of rotatable bonds is 11. The number of ketones is 1. The molecule has 0 saturated carbocycles. The van der Waals surface area contributed by atoms with Gasteiger partial charge in [-0.25, -0.2) is 0 Å². The fraction of sp³-hybridized carbons (Fsp3) is 0.0976. The summed E-state index contributed by atoms with van der Waals surface area (Å²) in [6.07, 6.45) is 1.29. The second kappa shape index (κ2) is 13.4. The predicted molar refractivity (Wildman–Crippen MR) is 222 cm³/mol. The van der Waals surface area contributed by atoms with Crippen molar-refractivity contribution in [2.45, 2.75) is 19.0 Å². The van der Waals surface area contributed by atoms with Gasteiger partial charge in [0.2, 0.25) is 0 Å². The number of halogens is 2. The van der Waals surface area contributed by atoms with Gasteiger partial charge in [-0.05, 0) is 0 Å². The Labute approximate surface area is 299 Å². The first-order chi connectivity index (χ1) is 22.3. The molecule has 0 fully saturated rings. The fourth-order valence-corrected chi connectivity index (χ4v) is 29.7. The molecule has 46 heavy (non-hydrogen) atoms. The Balaban J connectivity index is 1.81. The van der Waals surface area contributed by atoms with E-state index in [9.17, 15) is 4.79 Å². The Bertz CT molecular complexity index is 1700. The first-order valence-corrected chi connectivity index (χ1v) is 25.9. The molecule has 0 N–H and O–H groups in total. The summed E-state index contributed by atoms with van der Waals surface area (Å²) in [4.78, 5) is 13.8. The summed E-state index contributed by atoms with van der Waals surface area (Å²) in [5.74, 6) is 0.217. The zero-order valence-electron chi connectivity index (χ0n) is 25.9. The number of hydrogen-bond donors (Lipinski definition) is 0. The number of hydrogen-bond acceptors (Lipinski definition) is 1. The molecule has 0 aliphatic rings. The zero-order chi connectivity index (χ0) is 32.1. The predicted octanol–water partition coefficient (Wildman–Crippen LogP) is 9.09. The van der Waals surface area contributed by atoms with Crippen LogP contribution >= 0.6 is 52.6 Å². The van der Waals surface area contributed by atoms with Gasteiger partial charge in [0.1, 0.15) is 0 Å². The average Bonchev–Trinajstić information content (AvgIpc) is 3.13. The van der Waals surface area contributed by atoms with Crippen LogP contribution < -0.4 is 31.8 Å². The van der Waals surface area contributed by atoms with Gasteiger partial charge in [-0.15, -0.1) is 0 Å². The van der Waals surface area contributed by atoms with Crippen molar-refractivity contribution in [2.24, 2.45) is 0 Å². The molecule has 0 heterocycles. The Morgan fingerprint density at radius 3 is 0.935 bits per heavy atom. The van der Waals surface area contributed by atoms with Crippen LogP contribution in [0.3, 0.4) is 0 Å². The molecule has 0 aromatic heterocycles. The van der Waals surface area contributed by atoms with Crippen LogP contribution in [0.15, 0.2) is 182 Å². The van der Waals surface area contributed by atoms with E-state index in [4.69, 9.17) is 0 Å². The molecule has 0 amide bonds. The monoisotopic (exact) mass is 862 g/mol. The molecule has 0 aliphatic carbocycles. The third-order valence-electron chi connectivity index (χ3n) is 9.43. The van der Waals surface area contributed by atoms with E-state index in [1.807, 2.05) is 0 Å². The minimum atomic E-state index is -3.44. The minimum absolute atomic E-state index is 0.0218. The normalized spacial score (nSPS) is 14.2. The third kappa shape index (κ3) is 5.42. The topological polar surface area (TPSA) is 17.1 Å². The number of carbonyl (C=O) groups is 1. The van der Waals surface area contributed by atoms with Crippen molar-refractivity contribution in [3.63, 3.8) is 0 Å². The molecule has 6 rings (SSSR count). The second-order valence-electron chi connectivity index (χ2n) is 12.0. The van der Waals surface area contributed by atoms with Gasteiger partial charge in [0.05, 0.1) is 0 Å². The summed E-state index contributed by atoms with van der Waals surface area (Å²) < 4.78 is -6.74. The summed E-state index contributed by atoms with van der Waals surface area (Å²) >= 11 is 5.81. The van der Waals surface area contributed by atoms with Gasteiger partial charge in [-0.3, -0.25) is 0 Å². The Morgan fingerprint density at radius 1 is 0.457 bits per heavy atom. The molecule has 0 spiro atoms. The van der Waals surface area contributed by atoms with Crippen molar-refractivity contribution in [3.8, 4) is 0 Å². The van der Waals surface area contributed by atoms with Crippen LogP contribution in [0.5, 0.6) is 0 Å². The summed E-state index contributed by atoms with van der Waals surface area (Å²) in [6.45, 7) is 1.78. The van der Waals surface area contributed by atoms with Gasteiger partial charge >= 0.3 is 302 Å². The first kappa shape index (κ1) is 33.2. The van der Waals surface area contributed by atoms with E-state index < -0.39 is 8.49 Å². The van der Waals surface area contributed by atoms with Gasteiger partial charge in [0.25, 0.3) is 0 Å². The molecule has 0 aliphatic heterocycles. The van der Waals surface area contributed by atoms with Crippen molar-refractivity contribution < 1.29 is 4.79 Å². The maximum atomic E-state index is 13.8. The van der Waals surface area contributed by atoms with Gasteiger partial charge < -0.3 is 0 Å². The molecule has 5 heteroatoms. The molecule has 0 radical (unpaired) electrons. The maximum absolute atomic E-state index is 13.8. The molecule has 232 valence electrons. The standard InChI is InChI=1S/C41H38I2OP2/c1-34(44)32-41(46(43,38-26-14-5-15-27-38,39-28-16-6-17-29-39)40-30-18-7-19-31-40)33-45(42,35-20-8-2-9-21-35,36-22-10-3-11-23-36)37-24-12-4-13-25-37/h2-31,41H,32-33H2,1H3. The van der Waals surface area contributed by atoms with Crippen LogP contribution in [0.1, 0.15) is 13.3 Å². The summed E-state index contributed by atoms with van der Waals surface area (Å²) in [6, 6.07) is 66.5. The van der Waals surface area contributed by atoms with E-state index in [1.165, 1.54) is 31.8 Å². The van der Waals surface area contributed by atoms with Crippen LogP contribution in [0.4, 0.5) is 0 Å². The Morgan fingerprint density at radius 2 is 0.696 bits per heavy atom. The molecular formula is C41H38I2OP2. The number of carbonyl (C=O) groups excluding carboxylic acids is 1. The van der Waals surface area contributed by atoms with Crippen molar-refractivity contribution in [1.82, 2.24) is 0 Å². The molecule has 1 unspecified atom stereocenters. The van der Waals surface area contributed by atoms with Crippen molar-refractivity contribution in [1.29, 1.82) is 0 Å². The van der Waals surface area contributed by atoms with E-state index in [-0.39, 0.29) is 11.4 Å². The van der Waals surface area contributed by atoms with E-state index in [0.717, 1.165) is 6.16 Å². The molecule has 6 aromatic carbocycles. The van der Waals surface area contributed by atoms with Crippen LogP contribution in [0, 0.1) is 0 Å². The molecule has 1 nitrogen and oxygen atoms in total. The molecule has 0 bridgehead atoms. The molecule has 6 aromatic rings.